The van der Waals surface area contributed by atoms with Crippen molar-refractivity contribution in [2.75, 3.05) is 4.90 Å². The summed E-state index contributed by atoms with van der Waals surface area (Å²) < 4.78 is 5.21. The van der Waals surface area contributed by atoms with Gasteiger partial charge in [0.15, 0.2) is 0 Å². The van der Waals surface area contributed by atoms with Gasteiger partial charge < -0.3 is 4.90 Å². The first-order chi connectivity index (χ1) is 32.2. The molecule has 13 aromatic rings. The predicted molar refractivity (Wildman–Crippen MR) is 284 cm³/mol. The Morgan fingerprint density at radius 2 is 0.815 bits per heavy atom. The number of hydrogen-bond donors (Lipinski definition) is 0. The van der Waals surface area contributed by atoms with Crippen molar-refractivity contribution in [1.82, 2.24) is 0 Å². The summed E-state index contributed by atoms with van der Waals surface area (Å²) in [6.45, 7) is 0. The van der Waals surface area contributed by atoms with Gasteiger partial charge in [-0.25, -0.2) is 0 Å². The fourth-order valence-corrected chi connectivity index (χ4v) is 12.4. The number of rotatable bonds is 7. The smallest absolute Gasteiger partial charge is 0.0555 e. The Morgan fingerprint density at radius 1 is 0.277 bits per heavy atom. The molecule has 0 amide bonds. The Morgan fingerprint density at radius 3 is 1.60 bits per heavy atom. The van der Waals surface area contributed by atoms with E-state index in [0.29, 0.717) is 0 Å². The summed E-state index contributed by atoms with van der Waals surface area (Å²) in [5, 5.41) is 10.2. The first-order valence-corrected chi connectivity index (χ1v) is 23.8. The van der Waals surface area contributed by atoms with Gasteiger partial charge in [0.25, 0.3) is 0 Å². The fraction of sp³-hybridized carbons (Fsp3) is 0. The van der Waals surface area contributed by atoms with E-state index < -0.39 is 0 Å². The number of nitrogens with zero attached hydrogens (tertiary/aromatic N) is 1. The van der Waals surface area contributed by atoms with Crippen molar-refractivity contribution in [3.05, 3.63) is 237 Å². The van der Waals surface area contributed by atoms with Gasteiger partial charge in [-0.15, -0.1) is 22.7 Å². The van der Waals surface area contributed by atoms with Gasteiger partial charge in [0, 0.05) is 57.3 Å². The van der Waals surface area contributed by atoms with Crippen LogP contribution in [0.1, 0.15) is 0 Å². The van der Waals surface area contributed by atoms with Crippen molar-refractivity contribution in [2.24, 2.45) is 0 Å². The van der Waals surface area contributed by atoms with E-state index in [1.807, 2.05) is 22.7 Å². The average Bonchev–Trinajstić information content (AvgIpc) is 3.96. The normalized spacial score (nSPS) is 11.7. The highest BCUT2D eigenvalue weighted by molar-refractivity contribution is 7.26. The van der Waals surface area contributed by atoms with Crippen molar-refractivity contribution in [1.29, 1.82) is 0 Å². The highest BCUT2D eigenvalue weighted by atomic mass is 32.1. The Hall–Kier alpha value is -7.82. The average molecular weight is 862 g/mol. The Kier molecular flexibility index (Phi) is 8.97. The summed E-state index contributed by atoms with van der Waals surface area (Å²) in [6.07, 6.45) is 0. The van der Waals surface area contributed by atoms with Crippen LogP contribution in [0.15, 0.2) is 237 Å². The van der Waals surface area contributed by atoms with Crippen LogP contribution in [0, 0.1) is 0 Å². The van der Waals surface area contributed by atoms with E-state index >= 15 is 0 Å². The highest BCUT2D eigenvalue weighted by Gasteiger charge is 2.22. The van der Waals surface area contributed by atoms with Crippen LogP contribution in [0.5, 0.6) is 0 Å². The largest absolute Gasteiger partial charge is 0.310 e. The third kappa shape index (κ3) is 6.35. The number of thiophene rings is 2. The molecule has 0 N–H and O–H groups in total. The van der Waals surface area contributed by atoms with E-state index in [4.69, 9.17) is 0 Å². The Balaban J connectivity index is 0.988. The molecule has 0 saturated carbocycles. The molecule has 0 aliphatic heterocycles. The molecule has 2 heterocycles. The van der Waals surface area contributed by atoms with Crippen molar-refractivity contribution >= 4 is 102 Å². The number of benzene rings is 11. The number of fused-ring (bicyclic) bond motifs is 8. The van der Waals surface area contributed by atoms with Gasteiger partial charge >= 0.3 is 0 Å². The summed E-state index contributed by atoms with van der Waals surface area (Å²) in [7, 11) is 0. The number of anilines is 3. The SMILES string of the molecule is c1ccc(-c2cccc3sc4ccccc4c23)c(-c2ccc(N(c3ccc(-c4ccc5ccccc5c4)cc3)c3ccc(-c4cccc5ccccc45)c4sc5ccccc5c34)cc2)c1. The molecule has 2 aromatic heterocycles. The van der Waals surface area contributed by atoms with Crippen LogP contribution in [0.2, 0.25) is 0 Å². The molecule has 0 aliphatic carbocycles. The molecule has 304 valence electrons. The molecule has 0 aliphatic rings. The summed E-state index contributed by atoms with van der Waals surface area (Å²) in [6, 6.07) is 87.2. The lowest BCUT2D eigenvalue weighted by Crippen LogP contribution is -2.10. The molecular formula is C62H39NS2. The molecule has 0 spiro atoms. The second kappa shape index (κ2) is 15.5. The maximum Gasteiger partial charge on any atom is 0.0555 e. The molecule has 0 atom stereocenters. The lowest BCUT2D eigenvalue weighted by Gasteiger charge is -2.27. The minimum atomic E-state index is 1.10. The van der Waals surface area contributed by atoms with Crippen LogP contribution in [0.4, 0.5) is 17.1 Å². The zero-order chi connectivity index (χ0) is 42.8. The van der Waals surface area contributed by atoms with Crippen LogP contribution < -0.4 is 4.90 Å². The zero-order valence-corrected chi connectivity index (χ0v) is 36.9. The molecule has 0 saturated heterocycles. The summed E-state index contributed by atoms with van der Waals surface area (Å²) in [4.78, 5) is 2.46. The first-order valence-electron chi connectivity index (χ1n) is 22.2. The molecule has 0 bridgehead atoms. The van der Waals surface area contributed by atoms with Crippen LogP contribution in [0.25, 0.3) is 106 Å². The molecule has 13 rings (SSSR count). The fourth-order valence-electron chi connectivity index (χ4n) is 10.0. The van der Waals surface area contributed by atoms with Crippen molar-refractivity contribution in [2.45, 2.75) is 0 Å². The van der Waals surface area contributed by atoms with Crippen LogP contribution in [0.3, 0.4) is 0 Å². The van der Waals surface area contributed by atoms with Crippen LogP contribution in [-0.4, -0.2) is 0 Å². The highest BCUT2D eigenvalue weighted by Crippen LogP contribution is 2.50. The quantitative estimate of drug-likeness (QED) is 0.154. The van der Waals surface area contributed by atoms with Crippen molar-refractivity contribution < 1.29 is 0 Å². The van der Waals surface area contributed by atoms with Gasteiger partial charge in [-0.05, 0) is 115 Å². The summed E-state index contributed by atoms with van der Waals surface area (Å²) in [5.74, 6) is 0. The maximum absolute atomic E-state index is 2.46. The Bertz CT molecular complexity index is 3940. The number of hydrogen-bond acceptors (Lipinski definition) is 3. The van der Waals surface area contributed by atoms with Gasteiger partial charge in [-0.1, -0.05) is 182 Å². The van der Waals surface area contributed by atoms with E-state index in [0.717, 1.165) is 17.1 Å². The minimum absolute atomic E-state index is 1.10. The molecule has 1 nitrogen and oxygen atoms in total. The van der Waals surface area contributed by atoms with Gasteiger partial charge in [-0.2, -0.15) is 0 Å². The second-order valence-electron chi connectivity index (χ2n) is 16.8. The monoisotopic (exact) mass is 861 g/mol. The lowest BCUT2D eigenvalue weighted by atomic mass is 9.92. The zero-order valence-electron chi connectivity index (χ0n) is 35.3. The van der Waals surface area contributed by atoms with Gasteiger partial charge in [-0.3, -0.25) is 0 Å². The van der Waals surface area contributed by atoms with Crippen LogP contribution >= 0.6 is 22.7 Å². The van der Waals surface area contributed by atoms with E-state index in [1.165, 1.54) is 106 Å². The summed E-state index contributed by atoms with van der Waals surface area (Å²) >= 11 is 3.76. The maximum atomic E-state index is 2.46. The third-order valence-corrected chi connectivity index (χ3v) is 15.4. The molecule has 11 aromatic carbocycles. The van der Waals surface area contributed by atoms with Gasteiger partial charge in [0.2, 0.25) is 0 Å². The first kappa shape index (κ1) is 37.7. The Labute approximate surface area is 385 Å². The topological polar surface area (TPSA) is 3.24 Å². The van der Waals surface area contributed by atoms with E-state index in [1.54, 1.807) is 0 Å². The van der Waals surface area contributed by atoms with E-state index in [-0.39, 0.29) is 0 Å². The molecule has 0 fully saturated rings. The second-order valence-corrected chi connectivity index (χ2v) is 18.9. The molecular weight excluding hydrogens is 823 g/mol. The lowest BCUT2D eigenvalue weighted by molar-refractivity contribution is 1.30. The molecule has 3 heteroatoms. The minimum Gasteiger partial charge on any atom is -0.310 e. The molecule has 0 unspecified atom stereocenters. The van der Waals surface area contributed by atoms with Crippen molar-refractivity contribution in [3.8, 4) is 44.5 Å². The van der Waals surface area contributed by atoms with E-state index in [2.05, 4.69) is 241 Å². The summed E-state index contributed by atoms with van der Waals surface area (Å²) in [5.41, 5.74) is 13.2. The standard InChI is InChI=1S/C62H39NS2/c1-2-15-44-39-45(28-27-40(44)13-1)41-29-33-46(34-30-41)63(56-38-37-53(51-22-11-16-42-14-3-4-17-48(42)51)62-61(56)55-21-8-10-25-58(55)65-62)47-35-31-43(32-36-47)49-18-5-6-19-50(49)52-23-12-26-59-60(52)54-20-7-9-24-57(54)64-59/h1-39H. The third-order valence-electron chi connectivity index (χ3n) is 13.1. The van der Waals surface area contributed by atoms with Crippen LogP contribution in [-0.2, 0) is 0 Å². The van der Waals surface area contributed by atoms with E-state index in [9.17, 15) is 0 Å². The van der Waals surface area contributed by atoms with Crippen molar-refractivity contribution in [3.63, 3.8) is 0 Å². The molecule has 0 radical (unpaired) electrons. The molecule has 65 heavy (non-hydrogen) atoms. The van der Waals surface area contributed by atoms with Gasteiger partial charge in [0.1, 0.15) is 0 Å². The predicted octanol–water partition coefficient (Wildman–Crippen LogP) is 18.9. The van der Waals surface area contributed by atoms with Gasteiger partial charge in [0.05, 0.1) is 5.69 Å².